The van der Waals surface area contributed by atoms with E-state index >= 15 is 0 Å². The Morgan fingerprint density at radius 3 is 2.77 bits per heavy atom. The Morgan fingerprint density at radius 1 is 1.32 bits per heavy atom. The fraction of sp³-hybridized carbons (Fsp3) is 0.471. The minimum Gasteiger partial charge on any atom is -0.493 e. The van der Waals surface area contributed by atoms with Crippen LogP contribution in [0.15, 0.2) is 30.9 Å². The van der Waals surface area contributed by atoms with Crippen molar-refractivity contribution < 1.29 is 14.3 Å². The lowest BCUT2D eigenvalue weighted by Gasteiger charge is -2.17. The molecule has 0 saturated heterocycles. The summed E-state index contributed by atoms with van der Waals surface area (Å²) < 4.78 is 11.4. The largest absolute Gasteiger partial charge is 0.493 e. The van der Waals surface area contributed by atoms with E-state index in [0.29, 0.717) is 13.1 Å². The molecule has 1 aromatic carbocycles. The van der Waals surface area contributed by atoms with Gasteiger partial charge in [-0.05, 0) is 43.4 Å². The third-order valence-electron chi connectivity index (χ3n) is 3.68. The molecule has 2 rings (SSSR count). The number of nitrogens with one attached hydrogen (secondary N) is 2. The summed E-state index contributed by atoms with van der Waals surface area (Å²) in [6.45, 7) is 4.44. The zero-order valence-electron chi connectivity index (χ0n) is 13.1. The monoisotopic (exact) mass is 304 g/mol. The Balaban J connectivity index is 1.96. The van der Waals surface area contributed by atoms with Gasteiger partial charge in [0, 0.05) is 13.1 Å². The van der Waals surface area contributed by atoms with E-state index in [9.17, 15) is 4.79 Å². The molecule has 5 nitrogen and oxygen atoms in total. The van der Waals surface area contributed by atoms with E-state index in [1.165, 1.54) is 12.8 Å². The molecule has 0 aromatic heterocycles. The third-order valence-corrected chi connectivity index (χ3v) is 3.68. The van der Waals surface area contributed by atoms with Gasteiger partial charge in [0.25, 0.3) is 0 Å². The van der Waals surface area contributed by atoms with Gasteiger partial charge in [0.05, 0.1) is 13.2 Å². The maximum Gasteiger partial charge on any atom is 0.315 e. The standard InChI is InChI=1S/C17H24N2O3/c1-3-10-18-17(20)19-12-13-8-9-15(21-2)16(11-13)22-14-6-4-5-7-14/h3,8-9,11,14H,1,4-7,10,12H2,2H3,(H2,18,19,20). The van der Waals surface area contributed by atoms with Crippen molar-refractivity contribution in [3.8, 4) is 11.5 Å². The van der Waals surface area contributed by atoms with Crippen molar-refractivity contribution in [2.24, 2.45) is 0 Å². The van der Waals surface area contributed by atoms with E-state index in [1.54, 1.807) is 13.2 Å². The first kappa shape index (κ1) is 16.2. The van der Waals surface area contributed by atoms with Gasteiger partial charge in [0.1, 0.15) is 0 Å². The van der Waals surface area contributed by atoms with E-state index in [1.807, 2.05) is 18.2 Å². The van der Waals surface area contributed by atoms with Crippen LogP contribution in [-0.2, 0) is 6.54 Å². The summed E-state index contributed by atoms with van der Waals surface area (Å²) in [5.41, 5.74) is 0.975. The second-order valence-electron chi connectivity index (χ2n) is 5.36. The summed E-state index contributed by atoms with van der Waals surface area (Å²) in [5.74, 6) is 1.48. The van der Waals surface area contributed by atoms with E-state index < -0.39 is 0 Å². The highest BCUT2D eigenvalue weighted by atomic mass is 16.5. The van der Waals surface area contributed by atoms with Crippen LogP contribution in [0.25, 0.3) is 0 Å². The summed E-state index contributed by atoms with van der Waals surface area (Å²) in [5, 5.41) is 5.47. The number of benzene rings is 1. The van der Waals surface area contributed by atoms with Crippen LogP contribution in [-0.4, -0.2) is 25.8 Å². The maximum atomic E-state index is 11.5. The number of urea groups is 1. The van der Waals surface area contributed by atoms with Crippen LogP contribution in [0, 0.1) is 0 Å². The Hall–Kier alpha value is -2.17. The van der Waals surface area contributed by atoms with Gasteiger partial charge in [0.15, 0.2) is 11.5 Å². The van der Waals surface area contributed by atoms with Gasteiger partial charge in [0.2, 0.25) is 0 Å². The highest BCUT2D eigenvalue weighted by Crippen LogP contribution is 2.32. The van der Waals surface area contributed by atoms with Gasteiger partial charge in [-0.3, -0.25) is 0 Å². The SMILES string of the molecule is C=CCNC(=O)NCc1ccc(OC)c(OC2CCCC2)c1. The van der Waals surface area contributed by atoms with Gasteiger partial charge >= 0.3 is 6.03 Å². The topological polar surface area (TPSA) is 59.6 Å². The molecule has 1 fully saturated rings. The number of carbonyl (C=O) groups is 1. The Bertz CT molecular complexity index is 511. The predicted molar refractivity (Wildman–Crippen MR) is 86.3 cm³/mol. The number of hydrogen-bond acceptors (Lipinski definition) is 3. The van der Waals surface area contributed by atoms with Crippen molar-refractivity contribution in [1.29, 1.82) is 0 Å². The zero-order valence-corrected chi connectivity index (χ0v) is 13.1. The average molecular weight is 304 g/mol. The number of carbonyl (C=O) groups excluding carboxylic acids is 1. The number of ether oxygens (including phenoxy) is 2. The summed E-state index contributed by atoms with van der Waals surface area (Å²) in [6.07, 6.45) is 6.54. The first-order valence-corrected chi connectivity index (χ1v) is 7.69. The first-order chi connectivity index (χ1) is 10.7. The van der Waals surface area contributed by atoms with E-state index in [2.05, 4.69) is 17.2 Å². The average Bonchev–Trinajstić information content (AvgIpc) is 3.04. The van der Waals surface area contributed by atoms with Gasteiger partial charge in [-0.2, -0.15) is 0 Å². The van der Waals surface area contributed by atoms with Crippen molar-refractivity contribution in [1.82, 2.24) is 10.6 Å². The number of methoxy groups -OCH3 is 1. The molecule has 1 aromatic rings. The van der Waals surface area contributed by atoms with Gasteiger partial charge in [-0.15, -0.1) is 6.58 Å². The molecule has 2 N–H and O–H groups in total. The van der Waals surface area contributed by atoms with Gasteiger partial charge in [-0.1, -0.05) is 12.1 Å². The van der Waals surface area contributed by atoms with Crippen molar-refractivity contribution in [3.05, 3.63) is 36.4 Å². The van der Waals surface area contributed by atoms with Crippen LogP contribution in [0.5, 0.6) is 11.5 Å². The first-order valence-electron chi connectivity index (χ1n) is 7.69. The normalized spacial score (nSPS) is 14.4. The molecule has 1 saturated carbocycles. The molecule has 0 bridgehead atoms. The third kappa shape index (κ3) is 4.69. The molecule has 0 aliphatic heterocycles. The summed E-state index contributed by atoms with van der Waals surface area (Å²) in [6, 6.07) is 5.52. The van der Waals surface area contributed by atoms with Crippen molar-refractivity contribution in [2.45, 2.75) is 38.3 Å². The van der Waals surface area contributed by atoms with Crippen LogP contribution in [0.1, 0.15) is 31.2 Å². The Morgan fingerprint density at radius 2 is 2.09 bits per heavy atom. The van der Waals surface area contributed by atoms with Crippen LogP contribution in [0.4, 0.5) is 4.79 Å². The lowest BCUT2D eigenvalue weighted by molar-refractivity contribution is 0.200. The smallest absolute Gasteiger partial charge is 0.315 e. The lowest BCUT2D eigenvalue weighted by Crippen LogP contribution is -2.34. The molecule has 5 heteroatoms. The van der Waals surface area contributed by atoms with E-state index in [4.69, 9.17) is 9.47 Å². The number of hydrogen-bond donors (Lipinski definition) is 2. The van der Waals surface area contributed by atoms with Crippen LogP contribution < -0.4 is 20.1 Å². The van der Waals surface area contributed by atoms with Crippen LogP contribution >= 0.6 is 0 Å². The summed E-state index contributed by atoms with van der Waals surface area (Å²) >= 11 is 0. The summed E-state index contributed by atoms with van der Waals surface area (Å²) in [4.78, 5) is 11.5. The second kappa shape index (κ2) is 8.32. The lowest BCUT2D eigenvalue weighted by atomic mass is 10.2. The fourth-order valence-electron chi connectivity index (χ4n) is 2.52. The molecule has 0 atom stereocenters. The van der Waals surface area contributed by atoms with Gasteiger partial charge in [-0.25, -0.2) is 4.79 Å². The quantitative estimate of drug-likeness (QED) is 0.761. The highest BCUT2D eigenvalue weighted by molar-refractivity contribution is 5.73. The van der Waals surface area contributed by atoms with Crippen LogP contribution in [0.2, 0.25) is 0 Å². The van der Waals surface area contributed by atoms with Gasteiger partial charge < -0.3 is 20.1 Å². The minimum absolute atomic E-state index is 0.214. The van der Waals surface area contributed by atoms with Crippen molar-refractivity contribution >= 4 is 6.03 Å². The molecule has 0 heterocycles. The van der Waals surface area contributed by atoms with E-state index in [-0.39, 0.29) is 12.1 Å². The molecule has 0 spiro atoms. The molecular weight excluding hydrogens is 280 g/mol. The minimum atomic E-state index is -0.214. The Labute approximate surface area is 131 Å². The van der Waals surface area contributed by atoms with Crippen LogP contribution in [0.3, 0.4) is 0 Å². The molecule has 1 aliphatic rings. The zero-order chi connectivity index (χ0) is 15.8. The molecule has 0 radical (unpaired) electrons. The molecule has 2 amide bonds. The highest BCUT2D eigenvalue weighted by Gasteiger charge is 2.18. The fourth-order valence-corrected chi connectivity index (χ4v) is 2.52. The van der Waals surface area contributed by atoms with E-state index in [0.717, 1.165) is 29.9 Å². The van der Waals surface area contributed by atoms with Crippen molar-refractivity contribution in [2.75, 3.05) is 13.7 Å². The molecule has 120 valence electrons. The molecule has 0 unspecified atom stereocenters. The molecule has 22 heavy (non-hydrogen) atoms. The summed E-state index contributed by atoms with van der Waals surface area (Å²) in [7, 11) is 1.64. The number of amides is 2. The Kier molecular flexibility index (Phi) is 6.13. The molecular formula is C17H24N2O3. The predicted octanol–water partition coefficient (Wildman–Crippen LogP) is 3.00. The maximum absolute atomic E-state index is 11.5. The van der Waals surface area contributed by atoms with Crippen molar-refractivity contribution in [3.63, 3.8) is 0 Å². The second-order valence-corrected chi connectivity index (χ2v) is 5.36. The molecule has 1 aliphatic carbocycles. The number of rotatable bonds is 7.